The van der Waals surface area contributed by atoms with Crippen molar-refractivity contribution in [1.82, 2.24) is 10.6 Å². The van der Waals surface area contributed by atoms with Crippen molar-refractivity contribution >= 4 is 17.9 Å². The van der Waals surface area contributed by atoms with Crippen LogP contribution in [-0.4, -0.2) is 36.2 Å². The fraction of sp³-hybridized carbons (Fsp3) is 0.471. The maximum Gasteiger partial charge on any atom is 0.350 e. The molecular formula is C17H23FN2O5. The SMILES string of the molecule is CC[C@H](C)NC(=O)NC(=O)COC(=O)C(C)(C)Oc1ccc(F)cc1. The number of amides is 3. The zero-order valence-electron chi connectivity index (χ0n) is 14.7. The monoisotopic (exact) mass is 354 g/mol. The summed E-state index contributed by atoms with van der Waals surface area (Å²) in [4.78, 5) is 35.2. The van der Waals surface area contributed by atoms with Gasteiger partial charge in [0.1, 0.15) is 11.6 Å². The van der Waals surface area contributed by atoms with Crippen molar-refractivity contribution < 1.29 is 28.2 Å². The Bertz CT molecular complexity index is 616. The third-order valence-electron chi connectivity index (χ3n) is 3.26. The van der Waals surface area contributed by atoms with Crippen molar-refractivity contribution in [2.45, 2.75) is 45.8 Å². The van der Waals surface area contributed by atoms with Crippen LogP contribution >= 0.6 is 0 Å². The van der Waals surface area contributed by atoms with Gasteiger partial charge in [-0.05, 0) is 51.5 Å². The zero-order valence-corrected chi connectivity index (χ0v) is 14.7. The van der Waals surface area contributed by atoms with E-state index in [0.29, 0.717) is 6.42 Å². The molecule has 0 aliphatic carbocycles. The third kappa shape index (κ3) is 7.19. The molecule has 0 saturated carbocycles. The second kappa shape index (κ2) is 9.00. The molecule has 1 rings (SSSR count). The molecule has 0 spiro atoms. The summed E-state index contributed by atoms with van der Waals surface area (Å²) in [6, 6.07) is 4.39. The van der Waals surface area contributed by atoms with Crippen LogP contribution in [0.25, 0.3) is 0 Å². The summed E-state index contributed by atoms with van der Waals surface area (Å²) < 4.78 is 23.2. The van der Waals surface area contributed by atoms with Crippen LogP contribution < -0.4 is 15.4 Å². The topological polar surface area (TPSA) is 93.7 Å². The summed E-state index contributed by atoms with van der Waals surface area (Å²) in [5.74, 6) is -1.71. The molecule has 25 heavy (non-hydrogen) atoms. The molecule has 8 heteroatoms. The normalized spacial score (nSPS) is 12.0. The molecule has 0 unspecified atom stereocenters. The number of hydrogen-bond donors (Lipinski definition) is 2. The average Bonchev–Trinajstić information content (AvgIpc) is 2.54. The van der Waals surface area contributed by atoms with Gasteiger partial charge in [0.2, 0.25) is 0 Å². The Morgan fingerprint density at radius 2 is 1.80 bits per heavy atom. The number of imide groups is 1. The molecule has 3 amide bonds. The van der Waals surface area contributed by atoms with E-state index in [4.69, 9.17) is 9.47 Å². The number of benzene rings is 1. The van der Waals surface area contributed by atoms with Crippen molar-refractivity contribution in [1.29, 1.82) is 0 Å². The Morgan fingerprint density at radius 1 is 1.20 bits per heavy atom. The van der Waals surface area contributed by atoms with Gasteiger partial charge in [0.15, 0.2) is 12.2 Å². The minimum atomic E-state index is -1.39. The van der Waals surface area contributed by atoms with Gasteiger partial charge < -0.3 is 14.8 Å². The smallest absolute Gasteiger partial charge is 0.350 e. The number of hydrogen-bond acceptors (Lipinski definition) is 5. The second-order valence-corrected chi connectivity index (χ2v) is 5.97. The van der Waals surface area contributed by atoms with E-state index in [1.165, 1.54) is 38.1 Å². The van der Waals surface area contributed by atoms with Crippen LogP contribution in [0.2, 0.25) is 0 Å². The summed E-state index contributed by atoms with van der Waals surface area (Å²) in [5, 5.41) is 4.61. The van der Waals surface area contributed by atoms with E-state index in [-0.39, 0.29) is 11.8 Å². The number of nitrogens with one attached hydrogen (secondary N) is 2. The predicted molar refractivity (Wildman–Crippen MR) is 88.5 cm³/mol. The Morgan fingerprint density at radius 3 is 2.36 bits per heavy atom. The lowest BCUT2D eigenvalue weighted by Gasteiger charge is -2.24. The van der Waals surface area contributed by atoms with Gasteiger partial charge in [-0.1, -0.05) is 6.92 Å². The first kappa shape index (κ1) is 20.4. The van der Waals surface area contributed by atoms with E-state index in [0.717, 1.165) is 0 Å². The number of ether oxygens (including phenoxy) is 2. The first-order valence-corrected chi connectivity index (χ1v) is 7.86. The highest BCUT2D eigenvalue weighted by atomic mass is 19.1. The molecule has 138 valence electrons. The summed E-state index contributed by atoms with van der Waals surface area (Å²) in [5.41, 5.74) is -1.39. The van der Waals surface area contributed by atoms with Crippen LogP contribution in [-0.2, 0) is 14.3 Å². The van der Waals surface area contributed by atoms with Crippen molar-refractivity contribution in [2.24, 2.45) is 0 Å². The van der Waals surface area contributed by atoms with Gasteiger partial charge in [-0.3, -0.25) is 10.1 Å². The minimum absolute atomic E-state index is 0.0848. The third-order valence-corrected chi connectivity index (χ3v) is 3.26. The lowest BCUT2D eigenvalue weighted by atomic mass is 10.1. The van der Waals surface area contributed by atoms with E-state index in [1.807, 2.05) is 6.92 Å². The maximum atomic E-state index is 12.9. The Labute approximate surface area is 145 Å². The minimum Gasteiger partial charge on any atom is -0.476 e. The fourth-order valence-corrected chi connectivity index (χ4v) is 1.67. The molecule has 7 nitrogen and oxygen atoms in total. The van der Waals surface area contributed by atoms with Gasteiger partial charge in [0.25, 0.3) is 5.91 Å². The number of carbonyl (C=O) groups excluding carboxylic acids is 3. The molecule has 0 aliphatic rings. The summed E-state index contributed by atoms with van der Waals surface area (Å²) in [7, 11) is 0. The van der Waals surface area contributed by atoms with E-state index >= 15 is 0 Å². The number of halogens is 1. The molecule has 1 atom stereocenters. The molecule has 0 heterocycles. The van der Waals surface area contributed by atoms with Crippen LogP contribution in [0.15, 0.2) is 24.3 Å². The Balaban J connectivity index is 2.47. The highest BCUT2D eigenvalue weighted by Gasteiger charge is 2.32. The maximum absolute atomic E-state index is 12.9. The van der Waals surface area contributed by atoms with Crippen LogP contribution in [0.1, 0.15) is 34.1 Å². The lowest BCUT2D eigenvalue weighted by Crippen LogP contribution is -2.46. The average molecular weight is 354 g/mol. The van der Waals surface area contributed by atoms with E-state index in [2.05, 4.69) is 10.6 Å². The van der Waals surface area contributed by atoms with E-state index in [1.54, 1.807) is 6.92 Å². The van der Waals surface area contributed by atoms with Crippen LogP contribution in [0.3, 0.4) is 0 Å². The number of urea groups is 1. The molecule has 0 fully saturated rings. The van der Waals surface area contributed by atoms with Crippen molar-refractivity contribution in [2.75, 3.05) is 6.61 Å². The van der Waals surface area contributed by atoms with Crippen molar-refractivity contribution in [3.63, 3.8) is 0 Å². The summed E-state index contributed by atoms with van der Waals surface area (Å²) >= 11 is 0. The van der Waals surface area contributed by atoms with E-state index < -0.39 is 35.9 Å². The van der Waals surface area contributed by atoms with Gasteiger partial charge in [-0.25, -0.2) is 14.0 Å². The molecule has 1 aromatic carbocycles. The Hall–Kier alpha value is -2.64. The highest BCUT2D eigenvalue weighted by molar-refractivity contribution is 5.95. The lowest BCUT2D eigenvalue weighted by molar-refractivity contribution is -0.161. The molecule has 0 radical (unpaired) electrons. The standard InChI is InChI=1S/C17H23FN2O5/c1-5-11(2)19-16(23)20-14(21)10-24-15(22)17(3,4)25-13-8-6-12(18)7-9-13/h6-9,11H,5,10H2,1-4H3,(H2,19,20,21,23)/t11-/m0/s1. The van der Waals surface area contributed by atoms with Crippen molar-refractivity contribution in [3.05, 3.63) is 30.1 Å². The molecular weight excluding hydrogens is 331 g/mol. The van der Waals surface area contributed by atoms with Gasteiger partial charge in [0.05, 0.1) is 0 Å². The molecule has 0 aromatic heterocycles. The summed E-state index contributed by atoms with van der Waals surface area (Å²) in [6.45, 7) is 5.96. The molecule has 1 aromatic rings. The van der Waals surface area contributed by atoms with Gasteiger partial charge in [-0.2, -0.15) is 0 Å². The molecule has 0 aliphatic heterocycles. The van der Waals surface area contributed by atoms with Gasteiger partial charge >= 0.3 is 12.0 Å². The fourth-order valence-electron chi connectivity index (χ4n) is 1.67. The molecule has 0 saturated heterocycles. The number of esters is 1. The first-order valence-electron chi connectivity index (χ1n) is 7.86. The first-order chi connectivity index (χ1) is 11.6. The largest absolute Gasteiger partial charge is 0.476 e. The van der Waals surface area contributed by atoms with Crippen LogP contribution in [0, 0.1) is 5.82 Å². The van der Waals surface area contributed by atoms with Crippen LogP contribution in [0.5, 0.6) is 5.75 Å². The van der Waals surface area contributed by atoms with Gasteiger partial charge in [0, 0.05) is 6.04 Å². The quantitative estimate of drug-likeness (QED) is 0.732. The number of carbonyl (C=O) groups is 3. The zero-order chi connectivity index (χ0) is 19.0. The Kier molecular flexibility index (Phi) is 7.35. The van der Waals surface area contributed by atoms with Crippen molar-refractivity contribution in [3.8, 4) is 5.75 Å². The second-order valence-electron chi connectivity index (χ2n) is 5.97. The molecule has 0 bridgehead atoms. The van der Waals surface area contributed by atoms with Gasteiger partial charge in [-0.15, -0.1) is 0 Å². The molecule has 2 N–H and O–H groups in total. The summed E-state index contributed by atoms with van der Waals surface area (Å²) in [6.07, 6.45) is 0.714. The predicted octanol–water partition coefficient (Wildman–Crippen LogP) is 2.15. The van der Waals surface area contributed by atoms with Crippen LogP contribution in [0.4, 0.5) is 9.18 Å². The highest BCUT2D eigenvalue weighted by Crippen LogP contribution is 2.19. The van der Waals surface area contributed by atoms with E-state index in [9.17, 15) is 18.8 Å². The number of rotatable bonds is 7.